The molecule has 7 nitrogen and oxygen atoms in total. The van der Waals surface area contributed by atoms with E-state index in [0.717, 1.165) is 42.9 Å². The van der Waals surface area contributed by atoms with Gasteiger partial charge in [0.15, 0.2) is 6.61 Å². The van der Waals surface area contributed by atoms with Gasteiger partial charge in [-0.2, -0.15) is 0 Å². The first-order valence-electron chi connectivity index (χ1n) is 10.6. The third-order valence-corrected chi connectivity index (χ3v) is 7.17. The van der Waals surface area contributed by atoms with E-state index in [9.17, 15) is 9.59 Å². The van der Waals surface area contributed by atoms with Crippen LogP contribution in [0.3, 0.4) is 0 Å². The van der Waals surface area contributed by atoms with Crippen LogP contribution < -0.4 is 20.7 Å². The fraction of sp³-hybridized carbons (Fsp3) is 0.333. The number of esters is 1. The molecule has 9 heteroatoms. The second kappa shape index (κ2) is 11.6. The van der Waals surface area contributed by atoms with Gasteiger partial charge < -0.3 is 25.4 Å². The number of benzene rings is 2. The van der Waals surface area contributed by atoms with E-state index in [0.29, 0.717) is 16.6 Å². The van der Waals surface area contributed by atoms with Gasteiger partial charge in [0.1, 0.15) is 5.75 Å². The van der Waals surface area contributed by atoms with Crippen molar-refractivity contribution in [2.75, 3.05) is 31.7 Å². The number of carbonyl (C=O) groups excluding carboxylic acids is 2. The normalized spacial score (nSPS) is 18.6. The van der Waals surface area contributed by atoms with Gasteiger partial charge in [-0.25, -0.2) is 4.79 Å². The van der Waals surface area contributed by atoms with Gasteiger partial charge in [-0.15, -0.1) is 17.0 Å². The number of ether oxygens (including phenoxy) is 2. The first-order valence-corrected chi connectivity index (χ1v) is 11.5. The van der Waals surface area contributed by atoms with Crippen LogP contribution in [0.2, 0.25) is 0 Å². The molecule has 3 N–H and O–H groups in total. The summed E-state index contributed by atoms with van der Waals surface area (Å²) in [7, 11) is 1.33. The molecule has 1 atom stereocenters. The summed E-state index contributed by atoms with van der Waals surface area (Å²) in [6.45, 7) is 1.78. The maximum Gasteiger partial charge on any atom is 0.343 e. The van der Waals surface area contributed by atoms with Gasteiger partial charge in [0.25, 0.3) is 5.91 Å². The molecule has 1 amide bonds. The lowest BCUT2D eigenvalue weighted by Crippen LogP contribution is -2.40. The highest BCUT2D eigenvalue weighted by atomic mass is 79.9. The van der Waals surface area contributed by atoms with Gasteiger partial charge in [-0.05, 0) is 61.7 Å². The first kappa shape index (κ1) is 25.1. The number of thioether (sulfide) groups is 1. The lowest BCUT2D eigenvalue weighted by molar-refractivity contribution is -0.142. The van der Waals surface area contributed by atoms with Crippen molar-refractivity contribution < 1.29 is 19.1 Å². The Labute approximate surface area is 208 Å². The molecule has 2 aliphatic heterocycles. The summed E-state index contributed by atoms with van der Waals surface area (Å²) in [4.78, 5) is 26.7. The van der Waals surface area contributed by atoms with Crippen molar-refractivity contribution in [2.24, 2.45) is 11.7 Å². The highest BCUT2D eigenvalue weighted by molar-refractivity contribution is 8.93. The number of rotatable bonds is 7. The average molecular weight is 534 g/mol. The fourth-order valence-corrected chi connectivity index (χ4v) is 5.61. The molecule has 1 fully saturated rings. The van der Waals surface area contributed by atoms with Crippen molar-refractivity contribution in [2.45, 2.75) is 18.2 Å². The Bertz CT molecular complexity index is 995. The smallest absolute Gasteiger partial charge is 0.343 e. The highest BCUT2D eigenvalue weighted by Gasteiger charge is 2.41. The number of hydrogen-bond acceptors (Lipinski definition) is 7. The van der Waals surface area contributed by atoms with Crippen molar-refractivity contribution in [3.63, 3.8) is 0 Å². The second-order valence-electron chi connectivity index (χ2n) is 7.73. The summed E-state index contributed by atoms with van der Waals surface area (Å²) in [5, 5.41) is 3.48. The van der Waals surface area contributed by atoms with Crippen LogP contribution in [0.5, 0.6) is 5.75 Å². The number of hydrogen-bond donors (Lipinski definition) is 2. The quantitative estimate of drug-likeness (QED) is 0.525. The molecule has 0 spiro atoms. The van der Waals surface area contributed by atoms with Gasteiger partial charge in [-0.1, -0.05) is 42.1 Å². The second-order valence-corrected chi connectivity index (χ2v) is 8.86. The van der Waals surface area contributed by atoms with Crippen LogP contribution in [0.4, 0.5) is 5.69 Å². The van der Waals surface area contributed by atoms with Crippen LogP contribution in [0, 0.1) is 5.92 Å². The number of nitrogens with two attached hydrogens (primary N) is 1. The number of nitrogens with zero attached hydrogens (tertiary/aromatic N) is 1. The van der Waals surface area contributed by atoms with Gasteiger partial charge in [-0.3, -0.25) is 4.79 Å². The van der Waals surface area contributed by atoms with E-state index in [-0.39, 0.29) is 29.0 Å². The van der Waals surface area contributed by atoms with E-state index in [1.807, 2.05) is 54.6 Å². The van der Waals surface area contributed by atoms with E-state index in [1.165, 1.54) is 7.11 Å². The van der Waals surface area contributed by atoms with Crippen LogP contribution in [-0.4, -0.2) is 44.1 Å². The molecular formula is C24H28BrN3O4S. The van der Waals surface area contributed by atoms with E-state index in [1.54, 1.807) is 11.8 Å². The standard InChI is InChI=1S/C24H27N3O4S.BrH/c1-30-20(28)15-31-19-9-7-18(8-10-19)27-21(16-5-3-2-4-6-16)22(23(25)29)32-24(27)17-11-13-26-14-12-17;/h2-10,17,24,26H,11-15H2,1H3,(H2,25,29);1H. The van der Waals surface area contributed by atoms with Crippen LogP contribution in [0.1, 0.15) is 18.4 Å². The lowest BCUT2D eigenvalue weighted by Gasteiger charge is -2.36. The summed E-state index contributed by atoms with van der Waals surface area (Å²) < 4.78 is 10.1. The Morgan fingerprint density at radius 3 is 2.36 bits per heavy atom. The van der Waals surface area contributed by atoms with Crippen molar-refractivity contribution in [1.82, 2.24) is 5.32 Å². The number of methoxy groups -OCH3 is 1. The Kier molecular flexibility index (Phi) is 8.82. The molecule has 2 aliphatic rings. The molecule has 33 heavy (non-hydrogen) atoms. The minimum Gasteiger partial charge on any atom is -0.482 e. The zero-order valence-electron chi connectivity index (χ0n) is 18.4. The van der Waals surface area contributed by atoms with Gasteiger partial charge in [0.2, 0.25) is 0 Å². The highest BCUT2D eigenvalue weighted by Crippen LogP contribution is 2.49. The molecule has 4 rings (SSSR count). The van der Waals surface area contributed by atoms with E-state index < -0.39 is 11.9 Å². The molecule has 0 bridgehead atoms. The summed E-state index contributed by atoms with van der Waals surface area (Å²) >= 11 is 1.56. The van der Waals surface area contributed by atoms with E-state index in [4.69, 9.17) is 10.5 Å². The van der Waals surface area contributed by atoms with Crippen molar-refractivity contribution in [3.8, 4) is 5.75 Å². The minimum absolute atomic E-state index is 0. The molecule has 0 radical (unpaired) electrons. The third kappa shape index (κ3) is 5.72. The summed E-state index contributed by atoms with van der Waals surface area (Å²) in [5.41, 5.74) is 8.59. The zero-order chi connectivity index (χ0) is 22.5. The molecular weight excluding hydrogens is 506 g/mol. The fourth-order valence-electron chi connectivity index (χ4n) is 4.12. The Morgan fingerprint density at radius 1 is 1.09 bits per heavy atom. The van der Waals surface area contributed by atoms with Crippen LogP contribution in [-0.2, 0) is 14.3 Å². The largest absolute Gasteiger partial charge is 0.482 e. The topological polar surface area (TPSA) is 93.9 Å². The first-order chi connectivity index (χ1) is 15.6. The number of carbonyl (C=O) groups is 2. The van der Waals surface area contributed by atoms with Gasteiger partial charge in [0, 0.05) is 5.69 Å². The lowest BCUT2D eigenvalue weighted by atomic mass is 9.96. The average Bonchev–Trinajstić information content (AvgIpc) is 3.25. The Morgan fingerprint density at radius 2 is 1.76 bits per heavy atom. The molecule has 2 aromatic carbocycles. The van der Waals surface area contributed by atoms with Gasteiger partial charge in [0.05, 0.1) is 23.1 Å². The maximum absolute atomic E-state index is 12.5. The number of halogens is 1. The van der Waals surface area contributed by atoms with Crippen LogP contribution in [0.15, 0.2) is 59.5 Å². The van der Waals surface area contributed by atoms with Crippen LogP contribution >= 0.6 is 28.7 Å². The maximum atomic E-state index is 12.5. The SMILES string of the molecule is Br.COC(=O)COc1ccc(N2C(c3ccccc3)=C(C(N)=O)SC2C2CCNCC2)cc1. The third-order valence-electron chi connectivity index (χ3n) is 5.71. The summed E-state index contributed by atoms with van der Waals surface area (Å²) in [6.07, 6.45) is 2.06. The van der Waals surface area contributed by atoms with E-state index >= 15 is 0 Å². The number of piperidine rings is 1. The zero-order valence-corrected chi connectivity index (χ0v) is 20.9. The molecule has 0 aromatic heterocycles. The number of primary amides is 1. The predicted octanol–water partition coefficient (Wildman–Crippen LogP) is 3.55. The van der Waals surface area contributed by atoms with Crippen molar-refractivity contribution in [1.29, 1.82) is 0 Å². The number of anilines is 1. The molecule has 0 saturated carbocycles. The van der Waals surface area contributed by atoms with E-state index in [2.05, 4.69) is 15.0 Å². The molecule has 1 unspecified atom stereocenters. The number of nitrogens with one attached hydrogen (secondary N) is 1. The molecule has 2 heterocycles. The summed E-state index contributed by atoms with van der Waals surface area (Å²) in [6, 6.07) is 17.5. The minimum atomic E-state index is -0.434. The predicted molar refractivity (Wildman–Crippen MR) is 136 cm³/mol. The van der Waals surface area contributed by atoms with Crippen molar-refractivity contribution in [3.05, 3.63) is 65.1 Å². The summed E-state index contributed by atoms with van der Waals surface area (Å²) in [5.74, 6) is 0.140. The number of amides is 1. The van der Waals surface area contributed by atoms with Gasteiger partial charge >= 0.3 is 5.97 Å². The Balaban J connectivity index is 0.00000306. The Hall–Kier alpha value is -2.49. The molecule has 0 aliphatic carbocycles. The molecule has 1 saturated heterocycles. The molecule has 176 valence electrons. The van der Waals surface area contributed by atoms with Crippen molar-refractivity contribution >= 4 is 52.0 Å². The monoisotopic (exact) mass is 533 g/mol. The van der Waals surface area contributed by atoms with Crippen LogP contribution in [0.25, 0.3) is 5.70 Å². The molecule has 2 aromatic rings.